The monoisotopic (exact) mass is 627 g/mol. The minimum Gasteiger partial charge on any atom is -0.382 e. The zero-order valence-electron chi connectivity index (χ0n) is 19.4. The van der Waals surface area contributed by atoms with E-state index in [1.54, 1.807) is 0 Å². The molecule has 0 aliphatic heterocycles. The van der Waals surface area contributed by atoms with Crippen LogP contribution in [0.4, 0.5) is 17.1 Å². The zero-order valence-corrected chi connectivity index (χ0v) is 22.5. The smallest absolute Gasteiger partial charge is 0.382 e. The van der Waals surface area contributed by atoms with Gasteiger partial charge in [0.2, 0.25) is 5.78 Å². The van der Waals surface area contributed by atoms with Gasteiger partial charge in [-0.1, -0.05) is 6.07 Å². The number of carbonyl (C=O) groups is 2. The maximum Gasteiger partial charge on any atom is 0.397 e. The number of benzene rings is 2. The van der Waals surface area contributed by atoms with E-state index in [2.05, 4.69) is 19.0 Å². The normalized spacial score (nSPS) is 14.8. The van der Waals surface area contributed by atoms with Gasteiger partial charge in [0, 0.05) is 36.1 Å². The summed E-state index contributed by atoms with van der Waals surface area (Å²) in [5, 5.41) is 17.0. The van der Waals surface area contributed by atoms with E-state index < -0.39 is 72.5 Å². The predicted octanol–water partition coefficient (Wildman–Crippen LogP) is 2.05. The molecule has 0 aromatic heterocycles. The Morgan fingerprint density at radius 1 is 0.821 bits per heavy atom. The molecular formula is C20H19Cl2N3O12S2. The third-order valence-electron chi connectivity index (χ3n) is 5.27. The van der Waals surface area contributed by atoms with E-state index in [-0.39, 0.29) is 41.2 Å². The standard InChI is InChI=1S/C20H19Cl2N3O12S2/c21-6-10(36-38(30,31)32)8-23-13-4-5-14(24-9-11(7-22)37-39(33,34)35)18-17(13)19(26)12-2-1-3-15(25(28)29)16(12)20(18)27/h1-5,10-11,23-24H,6-9H2,(H,30,31,32)(H,33,34,35). The number of nitro groups is 1. The zero-order chi connectivity index (χ0) is 29.1. The molecule has 0 heterocycles. The second kappa shape index (κ2) is 12.1. The lowest BCUT2D eigenvalue weighted by molar-refractivity contribution is -0.385. The molecule has 4 N–H and O–H groups in total. The van der Waals surface area contributed by atoms with Gasteiger partial charge in [-0.15, -0.1) is 23.2 Å². The van der Waals surface area contributed by atoms with Crippen LogP contribution in [-0.2, 0) is 29.2 Å². The fourth-order valence-corrected chi connectivity index (χ4v) is 5.22. The first-order chi connectivity index (χ1) is 18.2. The summed E-state index contributed by atoms with van der Waals surface area (Å²) in [6, 6.07) is 6.09. The average molecular weight is 628 g/mol. The number of nitro benzene ring substituents is 1. The molecule has 212 valence electrons. The van der Waals surface area contributed by atoms with Gasteiger partial charge >= 0.3 is 20.8 Å². The lowest BCUT2D eigenvalue weighted by Crippen LogP contribution is -2.31. The first-order valence-electron chi connectivity index (χ1n) is 10.6. The average Bonchev–Trinajstić information content (AvgIpc) is 2.85. The molecular weight excluding hydrogens is 609 g/mol. The van der Waals surface area contributed by atoms with E-state index in [4.69, 9.17) is 32.3 Å². The minimum atomic E-state index is -4.88. The molecule has 0 fully saturated rings. The van der Waals surface area contributed by atoms with E-state index >= 15 is 0 Å². The molecule has 1 aliphatic rings. The topological polar surface area (TPSA) is 229 Å². The van der Waals surface area contributed by atoms with Gasteiger partial charge < -0.3 is 10.6 Å². The molecule has 39 heavy (non-hydrogen) atoms. The molecule has 2 aromatic carbocycles. The van der Waals surface area contributed by atoms with E-state index in [1.165, 1.54) is 24.3 Å². The molecule has 3 rings (SSSR count). The number of carbonyl (C=O) groups excluding carboxylic acids is 2. The second-order valence-electron chi connectivity index (χ2n) is 7.89. The number of hydrogen-bond donors (Lipinski definition) is 4. The number of nitrogens with zero attached hydrogens (tertiary/aromatic N) is 1. The highest BCUT2D eigenvalue weighted by molar-refractivity contribution is 7.81. The molecule has 2 unspecified atom stereocenters. The number of hydrogen-bond acceptors (Lipinski definition) is 12. The summed E-state index contributed by atoms with van der Waals surface area (Å²) in [6.45, 7) is -0.744. The first-order valence-corrected chi connectivity index (χ1v) is 14.4. The van der Waals surface area contributed by atoms with Crippen LogP contribution in [0.15, 0.2) is 30.3 Å². The minimum absolute atomic E-state index is 0.0109. The SMILES string of the molecule is O=C1c2cccc([N+](=O)[O-])c2C(=O)c2c(NCC(CCl)OS(=O)(=O)O)ccc(NCC(CCl)OS(=O)(=O)O)c21. The third kappa shape index (κ3) is 7.40. The molecule has 19 heteroatoms. The summed E-state index contributed by atoms with van der Waals surface area (Å²) in [7, 11) is -9.75. The molecule has 0 saturated carbocycles. The highest BCUT2D eigenvalue weighted by Crippen LogP contribution is 2.39. The Morgan fingerprint density at radius 3 is 1.69 bits per heavy atom. The van der Waals surface area contributed by atoms with Gasteiger partial charge in [-0.3, -0.25) is 28.8 Å². The van der Waals surface area contributed by atoms with Crippen molar-refractivity contribution < 1.29 is 48.8 Å². The molecule has 15 nitrogen and oxygen atoms in total. The van der Waals surface area contributed by atoms with Gasteiger partial charge in [-0.2, -0.15) is 16.8 Å². The van der Waals surface area contributed by atoms with E-state index in [0.29, 0.717) is 0 Å². The van der Waals surface area contributed by atoms with E-state index in [1.807, 2.05) is 0 Å². The first kappa shape index (κ1) is 30.6. The lowest BCUT2D eigenvalue weighted by Gasteiger charge is -2.25. The van der Waals surface area contributed by atoms with Crippen LogP contribution in [0.1, 0.15) is 31.8 Å². The third-order valence-corrected chi connectivity index (χ3v) is 6.99. The summed E-state index contributed by atoms with van der Waals surface area (Å²) in [6.07, 6.45) is -2.60. The predicted molar refractivity (Wildman–Crippen MR) is 138 cm³/mol. The quantitative estimate of drug-likeness (QED) is 0.0919. The van der Waals surface area contributed by atoms with Crippen molar-refractivity contribution in [2.24, 2.45) is 0 Å². The lowest BCUT2D eigenvalue weighted by atomic mass is 9.81. The van der Waals surface area contributed by atoms with Gasteiger partial charge in [-0.25, -0.2) is 8.37 Å². The number of anilines is 2. The van der Waals surface area contributed by atoms with Crippen LogP contribution in [0.5, 0.6) is 0 Å². The molecule has 0 spiro atoms. The van der Waals surface area contributed by atoms with Crippen LogP contribution in [0.25, 0.3) is 0 Å². The Morgan fingerprint density at radius 2 is 1.28 bits per heavy atom. The summed E-state index contributed by atoms with van der Waals surface area (Å²) in [4.78, 5) is 37.9. The molecule has 1 aliphatic carbocycles. The fraction of sp³-hybridized carbons (Fsp3) is 0.300. The van der Waals surface area contributed by atoms with Gasteiger partial charge in [0.1, 0.15) is 17.8 Å². The fourth-order valence-electron chi connectivity index (χ4n) is 3.77. The Kier molecular flexibility index (Phi) is 9.50. The highest BCUT2D eigenvalue weighted by atomic mass is 35.5. The number of alkyl halides is 2. The van der Waals surface area contributed by atoms with Crippen LogP contribution < -0.4 is 10.6 Å². The van der Waals surface area contributed by atoms with Crippen molar-refractivity contribution >= 4 is 72.6 Å². The molecule has 0 amide bonds. The van der Waals surface area contributed by atoms with Crippen LogP contribution in [0.3, 0.4) is 0 Å². The molecule has 0 bridgehead atoms. The molecule has 2 atom stereocenters. The summed E-state index contributed by atoms with van der Waals surface area (Å²) in [5.41, 5.74) is -2.02. The maximum atomic E-state index is 13.6. The highest BCUT2D eigenvalue weighted by Gasteiger charge is 2.39. The maximum absolute atomic E-state index is 13.6. The van der Waals surface area contributed by atoms with Crippen molar-refractivity contribution in [3.05, 3.63) is 62.7 Å². The Bertz CT molecular complexity index is 1530. The van der Waals surface area contributed by atoms with Crippen LogP contribution >= 0.6 is 23.2 Å². The molecule has 0 radical (unpaired) electrons. The number of halogens is 2. The number of rotatable bonds is 13. The van der Waals surface area contributed by atoms with Crippen molar-refractivity contribution in [1.82, 2.24) is 0 Å². The number of nitrogens with one attached hydrogen (secondary N) is 2. The van der Waals surface area contributed by atoms with Crippen LogP contribution in [0, 0.1) is 10.1 Å². The Hall–Kier alpha value is -2.90. The van der Waals surface area contributed by atoms with Crippen molar-refractivity contribution in [3.8, 4) is 0 Å². The van der Waals surface area contributed by atoms with Gasteiger partial charge in [0.25, 0.3) is 5.69 Å². The number of ketones is 2. The van der Waals surface area contributed by atoms with Gasteiger partial charge in [0.05, 0.1) is 27.8 Å². The second-order valence-corrected chi connectivity index (χ2v) is 10.6. The summed E-state index contributed by atoms with van der Waals surface area (Å²) in [5.74, 6) is -2.53. The van der Waals surface area contributed by atoms with Gasteiger partial charge in [0.15, 0.2) is 5.78 Å². The molecule has 2 aromatic rings. The van der Waals surface area contributed by atoms with Gasteiger partial charge in [-0.05, 0) is 18.2 Å². The van der Waals surface area contributed by atoms with E-state index in [9.17, 15) is 36.5 Å². The summed E-state index contributed by atoms with van der Waals surface area (Å²) >= 11 is 11.4. The molecule has 0 saturated heterocycles. The largest absolute Gasteiger partial charge is 0.397 e. The van der Waals surface area contributed by atoms with Crippen molar-refractivity contribution in [2.75, 3.05) is 35.5 Å². The van der Waals surface area contributed by atoms with Crippen molar-refractivity contribution in [3.63, 3.8) is 0 Å². The van der Waals surface area contributed by atoms with Crippen molar-refractivity contribution in [2.45, 2.75) is 12.2 Å². The Labute approximate surface area is 231 Å². The Balaban J connectivity index is 2.09. The van der Waals surface area contributed by atoms with Crippen molar-refractivity contribution in [1.29, 1.82) is 0 Å². The van der Waals surface area contributed by atoms with Crippen LogP contribution in [0.2, 0.25) is 0 Å². The number of fused-ring (bicyclic) bond motifs is 2. The summed E-state index contributed by atoms with van der Waals surface area (Å²) < 4.78 is 71.0. The van der Waals surface area contributed by atoms with Crippen LogP contribution in [-0.4, -0.2) is 79.5 Å². The van der Waals surface area contributed by atoms with E-state index in [0.717, 1.165) is 6.07 Å².